The molecule has 1 aliphatic heterocycles. The first-order valence-electron chi connectivity index (χ1n) is 4.33. The predicted molar refractivity (Wildman–Crippen MR) is 52.4 cm³/mol. The summed E-state index contributed by atoms with van der Waals surface area (Å²) in [6, 6.07) is 12.5. The second-order valence-corrected chi connectivity index (χ2v) is 3.21. The van der Waals surface area contributed by atoms with Gasteiger partial charge in [-0.1, -0.05) is 30.3 Å². The molecule has 2 heteroatoms. The molecule has 0 atom stereocenters. The molecule has 2 nitrogen and oxygen atoms in total. The van der Waals surface area contributed by atoms with Gasteiger partial charge in [-0.15, -0.1) is 0 Å². The Morgan fingerprint density at radius 2 is 1.92 bits per heavy atom. The Balaban J connectivity index is 2.49. The van der Waals surface area contributed by atoms with Gasteiger partial charge in [-0.3, -0.25) is 10.3 Å². The quantitative estimate of drug-likeness (QED) is 0.658. The van der Waals surface area contributed by atoms with Crippen molar-refractivity contribution < 1.29 is 4.84 Å². The van der Waals surface area contributed by atoms with Crippen LogP contribution in [0.25, 0.3) is 10.8 Å². The average Bonchev–Trinajstić information content (AvgIpc) is 2.19. The summed E-state index contributed by atoms with van der Waals surface area (Å²) in [5.41, 5.74) is 5.25. The minimum atomic E-state index is 0.647. The Morgan fingerprint density at radius 1 is 1.08 bits per heavy atom. The lowest BCUT2D eigenvalue weighted by Gasteiger charge is -2.18. The standard InChI is InChI=1S/C11H9NO/c1-3-8-4-2-6-10-11(8)9(5-1)7-13-12-10/h1-6,12H,7H2. The van der Waals surface area contributed by atoms with Crippen LogP contribution in [-0.4, -0.2) is 0 Å². The highest BCUT2D eigenvalue weighted by molar-refractivity contribution is 5.96. The summed E-state index contributed by atoms with van der Waals surface area (Å²) >= 11 is 0. The molecule has 2 aromatic rings. The van der Waals surface area contributed by atoms with Gasteiger partial charge in [0.05, 0.1) is 5.69 Å². The van der Waals surface area contributed by atoms with Crippen LogP contribution in [0, 0.1) is 0 Å². The molecule has 64 valence electrons. The Bertz CT molecular complexity index is 426. The van der Waals surface area contributed by atoms with Gasteiger partial charge in [0.15, 0.2) is 0 Å². The minimum Gasteiger partial charge on any atom is -0.271 e. The number of benzene rings is 2. The van der Waals surface area contributed by atoms with Gasteiger partial charge in [-0.2, -0.15) is 0 Å². The molecule has 0 bridgehead atoms. The normalized spacial score (nSPS) is 14.2. The van der Waals surface area contributed by atoms with Gasteiger partial charge in [0.2, 0.25) is 0 Å². The maximum atomic E-state index is 5.24. The SMILES string of the molecule is c1cc2c3c(cccc3c1)NOC2. The molecular weight excluding hydrogens is 162 g/mol. The smallest absolute Gasteiger partial charge is 0.100 e. The summed E-state index contributed by atoms with van der Waals surface area (Å²) in [5, 5.41) is 2.56. The third kappa shape index (κ3) is 0.924. The fourth-order valence-electron chi connectivity index (χ4n) is 1.82. The largest absolute Gasteiger partial charge is 0.271 e. The highest BCUT2D eigenvalue weighted by atomic mass is 16.6. The fraction of sp³-hybridized carbons (Fsp3) is 0.0909. The molecule has 0 fully saturated rings. The van der Waals surface area contributed by atoms with Gasteiger partial charge in [0.1, 0.15) is 6.61 Å². The molecule has 0 spiro atoms. The monoisotopic (exact) mass is 171 g/mol. The van der Waals surface area contributed by atoms with Crippen molar-refractivity contribution in [1.82, 2.24) is 0 Å². The summed E-state index contributed by atoms with van der Waals surface area (Å²) in [7, 11) is 0. The van der Waals surface area contributed by atoms with E-state index < -0.39 is 0 Å². The Labute approximate surface area is 76.1 Å². The molecule has 1 heterocycles. The molecule has 1 aliphatic rings. The summed E-state index contributed by atoms with van der Waals surface area (Å²) < 4.78 is 0. The van der Waals surface area contributed by atoms with Crippen molar-refractivity contribution in [3.63, 3.8) is 0 Å². The lowest BCUT2D eigenvalue weighted by molar-refractivity contribution is 0.177. The van der Waals surface area contributed by atoms with Crippen molar-refractivity contribution in [2.45, 2.75) is 6.61 Å². The molecule has 0 aliphatic carbocycles. The van der Waals surface area contributed by atoms with Crippen LogP contribution in [0.5, 0.6) is 0 Å². The highest BCUT2D eigenvalue weighted by Gasteiger charge is 2.10. The Hall–Kier alpha value is -1.54. The van der Waals surface area contributed by atoms with Crippen molar-refractivity contribution >= 4 is 16.5 Å². The number of hydrogen-bond acceptors (Lipinski definition) is 2. The van der Waals surface area contributed by atoms with Gasteiger partial charge in [-0.05, 0) is 17.0 Å². The zero-order valence-corrected chi connectivity index (χ0v) is 7.08. The van der Waals surface area contributed by atoms with Crippen LogP contribution in [0.2, 0.25) is 0 Å². The first-order chi connectivity index (χ1) is 6.45. The molecule has 0 saturated carbocycles. The summed E-state index contributed by atoms with van der Waals surface area (Å²) in [6.45, 7) is 0.647. The molecule has 3 rings (SSSR count). The summed E-state index contributed by atoms with van der Waals surface area (Å²) in [4.78, 5) is 5.24. The highest BCUT2D eigenvalue weighted by Crippen LogP contribution is 2.30. The van der Waals surface area contributed by atoms with Crippen molar-refractivity contribution in [2.75, 3.05) is 5.48 Å². The van der Waals surface area contributed by atoms with Gasteiger partial charge < -0.3 is 0 Å². The molecular formula is C11H9NO. The topological polar surface area (TPSA) is 21.3 Å². The predicted octanol–water partition coefficient (Wildman–Crippen LogP) is 2.70. The third-order valence-electron chi connectivity index (χ3n) is 2.40. The van der Waals surface area contributed by atoms with Crippen LogP contribution < -0.4 is 5.48 Å². The number of hydrogen-bond donors (Lipinski definition) is 1. The van der Waals surface area contributed by atoms with E-state index in [0.717, 1.165) is 5.69 Å². The molecule has 0 aromatic heterocycles. The maximum absolute atomic E-state index is 5.24. The Kier molecular flexibility index (Phi) is 1.32. The van der Waals surface area contributed by atoms with Gasteiger partial charge >= 0.3 is 0 Å². The van der Waals surface area contributed by atoms with Crippen molar-refractivity contribution in [3.8, 4) is 0 Å². The zero-order valence-electron chi connectivity index (χ0n) is 7.08. The van der Waals surface area contributed by atoms with E-state index in [0.29, 0.717) is 6.61 Å². The van der Waals surface area contributed by atoms with Gasteiger partial charge in [-0.25, -0.2) is 0 Å². The fourth-order valence-corrected chi connectivity index (χ4v) is 1.82. The molecule has 0 amide bonds. The molecule has 0 saturated heterocycles. The molecule has 0 unspecified atom stereocenters. The van der Waals surface area contributed by atoms with E-state index in [2.05, 4.69) is 29.7 Å². The van der Waals surface area contributed by atoms with E-state index >= 15 is 0 Å². The lowest BCUT2D eigenvalue weighted by Crippen LogP contribution is -2.08. The van der Waals surface area contributed by atoms with Crippen LogP contribution in [0.1, 0.15) is 5.56 Å². The van der Waals surface area contributed by atoms with E-state index in [4.69, 9.17) is 4.84 Å². The molecule has 13 heavy (non-hydrogen) atoms. The number of anilines is 1. The average molecular weight is 171 g/mol. The molecule has 1 N–H and O–H groups in total. The van der Waals surface area contributed by atoms with E-state index in [1.165, 1.54) is 16.3 Å². The molecule has 0 radical (unpaired) electrons. The summed E-state index contributed by atoms with van der Waals surface area (Å²) in [5.74, 6) is 0. The maximum Gasteiger partial charge on any atom is 0.100 e. The first-order valence-corrected chi connectivity index (χ1v) is 4.33. The summed E-state index contributed by atoms with van der Waals surface area (Å²) in [6.07, 6.45) is 0. The second kappa shape index (κ2) is 2.47. The minimum absolute atomic E-state index is 0.647. The van der Waals surface area contributed by atoms with Crippen LogP contribution in [0.4, 0.5) is 5.69 Å². The van der Waals surface area contributed by atoms with Crippen LogP contribution in [0.3, 0.4) is 0 Å². The van der Waals surface area contributed by atoms with Crippen molar-refractivity contribution in [1.29, 1.82) is 0 Å². The number of rotatable bonds is 0. The third-order valence-corrected chi connectivity index (χ3v) is 2.40. The molecule has 2 aromatic carbocycles. The van der Waals surface area contributed by atoms with Crippen LogP contribution in [-0.2, 0) is 11.4 Å². The van der Waals surface area contributed by atoms with Crippen LogP contribution in [0.15, 0.2) is 36.4 Å². The Morgan fingerprint density at radius 3 is 2.85 bits per heavy atom. The van der Waals surface area contributed by atoms with Crippen molar-refractivity contribution in [3.05, 3.63) is 42.0 Å². The van der Waals surface area contributed by atoms with Crippen LogP contribution >= 0.6 is 0 Å². The van der Waals surface area contributed by atoms with Gasteiger partial charge in [0, 0.05) is 5.39 Å². The van der Waals surface area contributed by atoms with E-state index in [1.807, 2.05) is 12.1 Å². The van der Waals surface area contributed by atoms with E-state index in [9.17, 15) is 0 Å². The first kappa shape index (κ1) is 6.92. The van der Waals surface area contributed by atoms with E-state index in [-0.39, 0.29) is 0 Å². The van der Waals surface area contributed by atoms with E-state index in [1.54, 1.807) is 0 Å². The second-order valence-electron chi connectivity index (χ2n) is 3.21. The number of nitrogens with one attached hydrogen (secondary N) is 1. The zero-order chi connectivity index (χ0) is 8.67. The lowest BCUT2D eigenvalue weighted by atomic mass is 10.0. The van der Waals surface area contributed by atoms with Gasteiger partial charge in [0.25, 0.3) is 0 Å². The van der Waals surface area contributed by atoms with Crippen molar-refractivity contribution in [2.24, 2.45) is 0 Å².